The number of furan rings is 1. The van der Waals surface area contributed by atoms with Crippen LogP contribution >= 0.6 is 0 Å². The molecular formula is C19H17F2NO3. The molecule has 2 N–H and O–H groups in total. The molecule has 1 heterocycles. The van der Waals surface area contributed by atoms with E-state index in [0.717, 1.165) is 12.1 Å². The van der Waals surface area contributed by atoms with Gasteiger partial charge in [0.1, 0.15) is 23.0 Å². The van der Waals surface area contributed by atoms with E-state index in [1.165, 1.54) is 6.07 Å². The minimum atomic E-state index is -1.14. The van der Waals surface area contributed by atoms with Gasteiger partial charge in [-0.05, 0) is 39.0 Å². The smallest absolute Gasteiger partial charge is 0.261 e. The third kappa shape index (κ3) is 3.00. The fourth-order valence-corrected chi connectivity index (χ4v) is 3.00. The molecule has 0 aliphatic heterocycles. The Bertz CT molecular complexity index is 950. The highest BCUT2D eigenvalue weighted by Crippen LogP contribution is 2.37. The van der Waals surface area contributed by atoms with Crippen LogP contribution in [0.1, 0.15) is 35.5 Å². The number of carbonyl (C=O) groups is 1. The number of para-hydroxylation sites is 1. The predicted octanol–water partition coefficient (Wildman–Crippen LogP) is 4.50. The van der Waals surface area contributed by atoms with E-state index in [9.17, 15) is 18.7 Å². The van der Waals surface area contributed by atoms with Gasteiger partial charge in [0.15, 0.2) is 5.58 Å². The first-order valence-corrected chi connectivity index (χ1v) is 7.70. The first kappa shape index (κ1) is 17.1. The number of carbonyl (C=O) groups excluding carboxylic acids is 1. The van der Waals surface area contributed by atoms with Crippen LogP contribution in [0, 0.1) is 18.6 Å². The van der Waals surface area contributed by atoms with Gasteiger partial charge >= 0.3 is 0 Å². The SMILES string of the molecule is Cc1oc2c(NC(=O)c3c(F)cccc3F)cccc2c1C(C)(C)O. The van der Waals surface area contributed by atoms with E-state index in [0.29, 0.717) is 22.3 Å². The summed E-state index contributed by atoms with van der Waals surface area (Å²) in [4.78, 5) is 12.3. The Morgan fingerprint density at radius 3 is 2.32 bits per heavy atom. The van der Waals surface area contributed by atoms with Crippen LogP contribution in [0.15, 0.2) is 40.8 Å². The second-order valence-electron chi connectivity index (χ2n) is 6.33. The van der Waals surface area contributed by atoms with Crippen LogP contribution in [0.3, 0.4) is 0 Å². The fraction of sp³-hybridized carbons (Fsp3) is 0.211. The third-order valence-corrected chi connectivity index (χ3v) is 3.94. The average molecular weight is 345 g/mol. The number of halogens is 2. The number of fused-ring (bicyclic) bond motifs is 1. The van der Waals surface area contributed by atoms with Crippen molar-refractivity contribution in [2.45, 2.75) is 26.4 Å². The lowest BCUT2D eigenvalue weighted by molar-refractivity contribution is 0.0783. The lowest BCUT2D eigenvalue weighted by Crippen LogP contribution is -2.16. The normalized spacial score (nSPS) is 11.8. The summed E-state index contributed by atoms with van der Waals surface area (Å²) >= 11 is 0. The molecule has 0 aliphatic rings. The van der Waals surface area contributed by atoms with E-state index in [1.54, 1.807) is 39.0 Å². The molecule has 25 heavy (non-hydrogen) atoms. The van der Waals surface area contributed by atoms with Crippen molar-refractivity contribution in [3.8, 4) is 0 Å². The lowest BCUT2D eigenvalue weighted by atomic mass is 9.95. The number of aliphatic hydroxyl groups is 1. The molecule has 4 nitrogen and oxygen atoms in total. The summed E-state index contributed by atoms with van der Waals surface area (Å²) in [6, 6.07) is 8.20. The number of rotatable bonds is 3. The van der Waals surface area contributed by atoms with Gasteiger partial charge in [0.05, 0.1) is 11.3 Å². The summed E-state index contributed by atoms with van der Waals surface area (Å²) in [7, 11) is 0. The molecule has 0 spiro atoms. The quantitative estimate of drug-likeness (QED) is 0.735. The molecule has 0 unspecified atom stereocenters. The molecule has 0 radical (unpaired) electrons. The van der Waals surface area contributed by atoms with Crippen molar-refractivity contribution in [1.82, 2.24) is 0 Å². The predicted molar refractivity (Wildman–Crippen MR) is 90.5 cm³/mol. The summed E-state index contributed by atoms with van der Waals surface area (Å²) in [5, 5.41) is 13.4. The maximum Gasteiger partial charge on any atom is 0.261 e. The number of hydrogen-bond donors (Lipinski definition) is 2. The summed E-state index contributed by atoms with van der Waals surface area (Å²) in [6.07, 6.45) is 0. The van der Waals surface area contributed by atoms with E-state index < -0.39 is 28.7 Å². The van der Waals surface area contributed by atoms with Gasteiger partial charge in [-0.1, -0.05) is 18.2 Å². The van der Waals surface area contributed by atoms with Gasteiger partial charge in [0.25, 0.3) is 5.91 Å². The van der Waals surface area contributed by atoms with Crippen LogP contribution in [0.2, 0.25) is 0 Å². The zero-order chi connectivity index (χ0) is 18.4. The average Bonchev–Trinajstić information content (AvgIpc) is 2.84. The summed E-state index contributed by atoms with van der Waals surface area (Å²) < 4.78 is 33.3. The maximum atomic E-state index is 13.8. The largest absolute Gasteiger partial charge is 0.459 e. The number of anilines is 1. The van der Waals surface area contributed by atoms with Gasteiger partial charge in [0.2, 0.25) is 0 Å². The summed E-state index contributed by atoms with van der Waals surface area (Å²) in [6.45, 7) is 4.96. The molecule has 2 aromatic carbocycles. The Hall–Kier alpha value is -2.73. The van der Waals surface area contributed by atoms with Gasteiger partial charge in [-0.25, -0.2) is 8.78 Å². The second kappa shape index (κ2) is 5.97. The van der Waals surface area contributed by atoms with Gasteiger partial charge in [-0.3, -0.25) is 4.79 Å². The summed E-state index contributed by atoms with van der Waals surface area (Å²) in [5.74, 6) is -2.31. The molecule has 1 aromatic heterocycles. The first-order valence-electron chi connectivity index (χ1n) is 7.70. The Kier molecular flexibility index (Phi) is 4.08. The van der Waals surface area contributed by atoms with Crippen molar-refractivity contribution < 1.29 is 23.1 Å². The maximum absolute atomic E-state index is 13.8. The number of hydrogen-bond acceptors (Lipinski definition) is 3. The molecule has 0 fully saturated rings. The van der Waals surface area contributed by atoms with Gasteiger partial charge < -0.3 is 14.8 Å². The molecule has 6 heteroatoms. The minimum Gasteiger partial charge on any atom is -0.459 e. The Balaban J connectivity index is 2.07. The van der Waals surface area contributed by atoms with Crippen LogP contribution in [-0.4, -0.2) is 11.0 Å². The zero-order valence-corrected chi connectivity index (χ0v) is 14.0. The van der Waals surface area contributed by atoms with Crippen LogP contribution < -0.4 is 5.32 Å². The summed E-state index contributed by atoms with van der Waals surface area (Å²) in [5.41, 5.74) is -0.609. The van der Waals surface area contributed by atoms with Crippen molar-refractivity contribution >= 4 is 22.6 Å². The van der Waals surface area contributed by atoms with Gasteiger partial charge in [-0.15, -0.1) is 0 Å². The number of benzene rings is 2. The highest BCUT2D eigenvalue weighted by atomic mass is 19.1. The van der Waals surface area contributed by atoms with E-state index in [-0.39, 0.29) is 5.69 Å². The number of amides is 1. The molecule has 0 saturated carbocycles. The van der Waals surface area contributed by atoms with Crippen LogP contribution in [0.4, 0.5) is 14.5 Å². The molecule has 130 valence electrons. The topological polar surface area (TPSA) is 62.5 Å². The highest BCUT2D eigenvalue weighted by Gasteiger charge is 2.27. The third-order valence-electron chi connectivity index (χ3n) is 3.94. The molecule has 0 atom stereocenters. The Morgan fingerprint density at radius 2 is 1.72 bits per heavy atom. The van der Waals surface area contributed by atoms with E-state index in [4.69, 9.17) is 4.42 Å². The molecule has 0 aliphatic carbocycles. The van der Waals surface area contributed by atoms with Crippen LogP contribution in [0.25, 0.3) is 11.0 Å². The number of nitrogens with one attached hydrogen (secondary N) is 1. The highest BCUT2D eigenvalue weighted by molar-refractivity contribution is 6.08. The van der Waals surface area contributed by atoms with Crippen LogP contribution in [-0.2, 0) is 5.60 Å². The Morgan fingerprint density at radius 1 is 1.12 bits per heavy atom. The van der Waals surface area contributed by atoms with Crippen molar-refractivity contribution in [1.29, 1.82) is 0 Å². The number of aryl methyl sites for hydroxylation is 1. The van der Waals surface area contributed by atoms with E-state index >= 15 is 0 Å². The van der Waals surface area contributed by atoms with Gasteiger partial charge in [-0.2, -0.15) is 0 Å². The molecular weight excluding hydrogens is 328 g/mol. The molecule has 0 saturated heterocycles. The van der Waals surface area contributed by atoms with E-state index in [1.807, 2.05) is 0 Å². The first-order chi connectivity index (χ1) is 11.7. The fourth-order valence-electron chi connectivity index (χ4n) is 3.00. The molecule has 1 amide bonds. The molecule has 3 aromatic rings. The monoisotopic (exact) mass is 345 g/mol. The van der Waals surface area contributed by atoms with E-state index in [2.05, 4.69) is 5.32 Å². The standard InChI is InChI=1S/C19H17F2NO3/c1-10-16(19(2,3)24)11-6-4-9-14(17(11)25-10)22-18(23)15-12(20)7-5-8-13(15)21/h4-9,24H,1-3H3,(H,22,23). The minimum absolute atomic E-state index is 0.267. The van der Waals surface area contributed by atoms with Crippen molar-refractivity contribution in [3.63, 3.8) is 0 Å². The van der Waals surface area contributed by atoms with Gasteiger partial charge in [0, 0.05) is 10.9 Å². The zero-order valence-electron chi connectivity index (χ0n) is 14.0. The van der Waals surface area contributed by atoms with Crippen molar-refractivity contribution in [2.24, 2.45) is 0 Å². The molecule has 3 rings (SSSR count). The second-order valence-corrected chi connectivity index (χ2v) is 6.33. The Labute approximate surface area is 143 Å². The lowest BCUT2D eigenvalue weighted by Gasteiger charge is -2.17. The van der Waals surface area contributed by atoms with Crippen molar-refractivity contribution in [2.75, 3.05) is 5.32 Å². The van der Waals surface area contributed by atoms with Crippen LogP contribution in [0.5, 0.6) is 0 Å². The molecule has 0 bridgehead atoms. The van der Waals surface area contributed by atoms with Crippen molar-refractivity contribution in [3.05, 3.63) is 64.9 Å².